The van der Waals surface area contributed by atoms with Crippen LogP contribution in [-0.4, -0.2) is 31.3 Å². The van der Waals surface area contributed by atoms with Gasteiger partial charge in [-0.15, -0.1) is 0 Å². The Hall–Kier alpha value is -1.81. The second-order valence-corrected chi connectivity index (χ2v) is 5.25. The molecule has 21 heavy (non-hydrogen) atoms. The van der Waals surface area contributed by atoms with Gasteiger partial charge in [0, 0.05) is 54.2 Å². The number of benzene rings is 1. The van der Waals surface area contributed by atoms with Crippen molar-refractivity contribution in [3.05, 3.63) is 30.6 Å². The normalized spacial score (nSPS) is 11.2. The van der Waals surface area contributed by atoms with Crippen molar-refractivity contribution in [1.29, 1.82) is 0 Å². The number of methoxy groups -OCH3 is 1. The number of aromatic nitrogens is 1. The fraction of sp³-hybridized carbons (Fsp3) is 0.471. The van der Waals surface area contributed by atoms with Crippen molar-refractivity contribution in [1.82, 2.24) is 4.98 Å². The van der Waals surface area contributed by atoms with Crippen LogP contribution in [0.5, 0.6) is 0 Å². The van der Waals surface area contributed by atoms with E-state index in [1.165, 1.54) is 5.69 Å². The first-order chi connectivity index (χ1) is 10.2. The molecule has 0 saturated carbocycles. The maximum atomic E-state index is 6.08. The van der Waals surface area contributed by atoms with Gasteiger partial charge in [0.15, 0.2) is 0 Å². The van der Waals surface area contributed by atoms with E-state index in [2.05, 4.69) is 29.8 Å². The van der Waals surface area contributed by atoms with E-state index in [0.29, 0.717) is 12.6 Å². The van der Waals surface area contributed by atoms with Crippen molar-refractivity contribution in [2.75, 3.05) is 30.9 Å². The number of hydrogen-bond donors (Lipinski definition) is 1. The number of nitrogens with zero attached hydrogens (tertiary/aromatic N) is 2. The molecule has 1 heterocycles. The first-order valence-corrected chi connectivity index (χ1v) is 7.60. The van der Waals surface area contributed by atoms with Crippen LogP contribution in [0.3, 0.4) is 0 Å². The van der Waals surface area contributed by atoms with Gasteiger partial charge in [-0.1, -0.05) is 13.8 Å². The molecule has 0 aliphatic rings. The van der Waals surface area contributed by atoms with Crippen molar-refractivity contribution in [2.45, 2.75) is 32.7 Å². The van der Waals surface area contributed by atoms with Gasteiger partial charge in [0.2, 0.25) is 0 Å². The van der Waals surface area contributed by atoms with Gasteiger partial charge in [0.1, 0.15) is 0 Å². The summed E-state index contributed by atoms with van der Waals surface area (Å²) >= 11 is 0. The molecule has 2 aromatic rings. The van der Waals surface area contributed by atoms with Crippen molar-refractivity contribution < 1.29 is 4.74 Å². The van der Waals surface area contributed by atoms with Gasteiger partial charge >= 0.3 is 0 Å². The molecule has 0 spiro atoms. The van der Waals surface area contributed by atoms with Gasteiger partial charge in [0.25, 0.3) is 0 Å². The Morgan fingerprint density at radius 1 is 1.19 bits per heavy atom. The van der Waals surface area contributed by atoms with Gasteiger partial charge < -0.3 is 15.4 Å². The SMILES string of the molecule is CCC(CC)N(CCOC)c1ccc(N)c2cnccc12. The van der Waals surface area contributed by atoms with E-state index in [9.17, 15) is 0 Å². The summed E-state index contributed by atoms with van der Waals surface area (Å²) in [5.74, 6) is 0. The molecule has 4 heteroatoms. The Kier molecular flexibility index (Phi) is 5.39. The number of rotatable bonds is 7. The third-order valence-electron chi connectivity index (χ3n) is 4.06. The molecule has 1 aromatic heterocycles. The molecule has 114 valence electrons. The maximum Gasteiger partial charge on any atom is 0.0637 e. The number of nitrogen functional groups attached to an aromatic ring is 1. The standard InChI is InChI=1S/C17H25N3O/c1-4-13(5-2)20(10-11-21-3)17-7-6-16(18)15-12-19-9-8-14(15)17/h6-9,12-13H,4-5,10-11,18H2,1-3H3. The highest BCUT2D eigenvalue weighted by atomic mass is 16.5. The van der Waals surface area contributed by atoms with Gasteiger partial charge in [-0.2, -0.15) is 0 Å². The van der Waals surface area contributed by atoms with Crippen LogP contribution in [-0.2, 0) is 4.74 Å². The smallest absolute Gasteiger partial charge is 0.0637 e. The minimum atomic E-state index is 0.500. The summed E-state index contributed by atoms with van der Waals surface area (Å²) in [5, 5.41) is 2.18. The van der Waals surface area contributed by atoms with Crippen LogP contribution in [0.25, 0.3) is 10.8 Å². The van der Waals surface area contributed by atoms with Crippen LogP contribution in [0.4, 0.5) is 11.4 Å². The van der Waals surface area contributed by atoms with Gasteiger partial charge in [-0.05, 0) is 31.0 Å². The first kappa shape index (κ1) is 15.6. The highest BCUT2D eigenvalue weighted by Crippen LogP contribution is 2.32. The summed E-state index contributed by atoms with van der Waals surface area (Å²) in [5.41, 5.74) is 8.07. The summed E-state index contributed by atoms with van der Waals surface area (Å²) in [6.45, 7) is 6.06. The highest BCUT2D eigenvalue weighted by molar-refractivity contribution is 6.00. The van der Waals surface area contributed by atoms with Crippen molar-refractivity contribution in [3.8, 4) is 0 Å². The molecule has 1 aromatic carbocycles. The van der Waals surface area contributed by atoms with E-state index in [4.69, 9.17) is 10.5 Å². The number of ether oxygens (including phenoxy) is 1. The van der Waals surface area contributed by atoms with Crippen LogP contribution in [0, 0.1) is 0 Å². The third kappa shape index (κ3) is 3.27. The molecule has 2 rings (SSSR count). The average molecular weight is 287 g/mol. The second kappa shape index (κ2) is 7.27. The Balaban J connectivity index is 2.51. The number of anilines is 2. The summed E-state index contributed by atoms with van der Waals surface area (Å²) in [7, 11) is 1.75. The fourth-order valence-corrected chi connectivity index (χ4v) is 2.87. The lowest BCUT2D eigenvalue weighted by atomic mass is 10.0. The Morgan fingerprint density at radius 2 is 1.95 bits per heavy atom. The van der Waals surface area contributed by atoms with Crippen LogP contribution in [0.15, 0.2) is 30.6 Å². The Labute approximate surface area is 126 Å². The molecule has 0 bridgehead atoms. The summed E-state index contributed by atoms with van der Waals surface area (Å²) < 4.78 is 5.29. The summed E-state index contributed by atoms with van der Waals surface area (Å²) in [6.07, 6.45) is 5.89. The fourth-order valence-electron chi connectivity index (χ4n) is 2.87. The molecular formula is C17H25N3O. The monoisotopic (exact) mass is 287 g/mol. The predicted molar refractivity (Wildman–Crippen MR) is 89.7 cm³/mol. The lowest BCUT2D eigenvalue weighted by molar-refractivity contribution is 0.202. The van der Waals surface area contributed by atoms with Crippen LogP contribution in [0.1, 0.15) is 26.7 Å². The van der Waals surface area contributed by atoms with Crippen LogP contribution < -0.4 is 10.6 Å². The molecule has 0 aliphatic carbocycles. The van der Waals surface area contributed by atoms with Crippen molar-refractivity contribution in [2.24, 2.45) is 0 Å². The van der Waals surface area contributed by atoms with E-state index in [1.807, 2.05) is 24.5 Å². The summed E-state index contributed by atoms with van der Waals surface area (Å²) in [6, 6.07) is 6.64. The average Bonchev–Trinajstić information content (AvgIpc) is 2.53. The Bertz CT molecular complexity index is 581. The zero-order valence-corrected chi connectivity index (χ0v) is 13.2. The van der Waals surface area contributed by atoms with E-state index in [0.717, 1.165) is 35.8 Å². The molecule has 0 fully saturated rings. The third-order valence-corrected chi connectivity index (χ3v) is 4.06. The molecule has 4 nitrogen and oxygen atoms in total. The van der Waals surface area contributed by atoms with Crippen LogP contribution >= 0.6 is 0 Å². The van der Waals surface area contributed by atoms with E-state index < -0.39 is 0 Å². The molecular weight excluding hydrogens is 262 g/mol. The number of nitrogens with two attached hydrogens (primary N) is 1. The molecule has 0 saturated heterocycles. The maximum absolute atomic E-state index is 6.08. The zero-order valence-electron chi connectivity index (χ0n) is 13.2. The zero-order chi connectivity index (χ0) is 15.2. The topological polar surface area (TPSA) is 51.4 Å². The van der Waals surface area contributed by atoms with E-state index in [1.54, 1.807) is 7.11 Å². The molecule has 0 amide bonds. The minimum absolute atomic E-state index is 0.500. The van der Waals surface area contributed by atoms with Gasteiger partial charge in [-0.25, -0.2) is 0 Å². The predicted octanol–water partition coefficient (Wildman–Crippen LogP) is 3.46. The molecule has 0 aliphatic heterocycles. The van der Waals surface area contributed by atoms with Gasteiger partial charge in [-0.3, -0.25) is 4.98 Å². The number of pyridine rings is 1. The largest absolute Gasteiger partial charge is 0.398 e. The Morgan fingerprint density at radius 3 is 2.62 bits per heavy atom. The van der Waals surface area contributed by atoms with Crippen molar-refractivity contribution >= 4 is 22.1 Å². The molecule has 0 unspecified atom stereocenters. The molecule has 2 N–H and O–H groups in total. The number of hydrogen-bond acceptors (Lipinski definition) is 4. The lowest BCUT2D eigenvalue weighted by Gasteiger charge is -2.33. The quantitative estimate of drug-likeness (QED) is 0.792. The second-order valence-electron chi connectivity index (χ2n) is 5.25. The van der Waals surface area contributed by atoms with E-state index in [-0.39, 0.29) is 0 Å². The molecule has 0 radical (unpaired) electrons. The highest BCUT2D eigenvalue weighted by Gasteiger charge is 2.18. The summed E-state index contributed by atoms with van der Waals surface area (Å²) in [4.78, 5) is 6.63. The number of fused-ring (bicyclic) bond motifs is 1. The van der Waals surface area contributed by atoms with E-state index >= 15 is 0 Å². The first-order valence-electron chi connectivity index (χ1n) is 7.60. The van der Waals surface area contributed by atoms with Gasteiger partial charge in [0.05, 0.1) is 6.61 Å². The van der Waals surface area contributed by atoms with Crippen molar-refractivity contribution in [3.63, 3.8) is 0 Å². The lowest BCUT2D eigenvalue weighted by Crippen LogP contribution is -2.37. The minimum Gasteiger partial charge on any atom is -0.398 e. The van der Waals surface area contributed by atoms with Crippen LogP contribution in [0.2, 0.25) is 0 Å². The molecule has 0 atom stereocenters.